The third-order valence-electron chi connectivity index (χ3n) is 7.06. The number of anilines is 2. The standard InChI is InChI=1S/C25H22BrF3N4O2S/c26-31-12-8-20(9-13-31)35-19-6-4-17(5-7-19)33-23(36)32(22(34)24(33)10-1-11-24)18-3-2-16(15-30)21(14-18)25(27,28)29/h2-7,14,20H,1,8-13H2. The summed E-state index contributed by atoms with van der Waals surface area (Å²) in [4.78, 5) is 16.5. The Morgan fingerprint density at radius 2 is 1.72 bits per heavy atom. The molecule has 2 aliphatic heterocycles. The Labute approximate surface area is 220 Å². The van der Waals surface area contributed by atoms with Gasteiger partial charge in [-0.05, 0) is 86.8 Å². The number of amides is 1. The number of halogens is 4. The fourth-order valence-electron chi connectivity index (χ4n) is 5.02. The molecule has 188 valence electrons. The number of hydrogen-bond acceptors (Lipinski definition) is 5. The monoisotopic (exact) mass is 578 g/mol. The van der Waals surface area contributed by atoms with E-state index in [0.29, 0.717) is 24.3 Å². The van der Waals surface area contributed by atoms with Crippen molar-refractivity contribution in [3.05, 3.63) is 53.6 Å². The van der Waals surface area contributed by atoms with Crippen LogP contribution in [-0.4, -0.2) is 39.7 Å². The third kappa shape index (κ3) is 4.25. The smallest absolute Gasteiger partial charge is 0.417 e. The van der Waals surface area contributed by atoms with Crippen LogP contribution in [0.5, 0.6) is 5.75 Å². The van der Waals surface area contributed by atoms with Crippen LogP contribution in [0, 0.1) is 11.3 Å². The molecule has 3 aliphatic rings. The lowest BCUT2D eigenvalue weighted by Crippen LogP contribution is -2.55. The highest BCUT2D eigenvalue weighted by atomic mass is 79.9. The Bertz CT molecular complexity index is 1240. The molecule has 1 aliphatic carbocycles. The van der Waals surface area contributed by atoms with Crippen molar-refractivity contribution in [3.8, 4) is 11.8 Å². The molecule has 1 amide bonds. The normalized spacial score (nSPS) is 20.5. The highest BCUT2D eigenvalue weighted by Gasteiger charge is 2.59. The van der Waals surface area contributed by atoms with Gasteiger partial charge in [0.2, 0.25) is 0 Å². The maximum Gasteiger partial charge on any atom is 0.417 e. The average molecular weight is 579 g/mol. The van der Waals surface area contributed by atoms with Gasteiger partial charge in [0, 0.05) is 34.9 Å². The first-order valence-corrected chi connectivity index (χ1v) is 12.7. The second kappa shape index (κ2) is 9.32. The van der Waals surface area contributed by atoms with Crippen LogP contribution in [0.15, 0.2) is 42.5 Å². The van der Waals surface area contributed by atoms with Crippen molar-refractivity contribution in [2.24, 2.45) is 0 Å². The molecule has 0 atom stereocenters. The minimum absolute atomic E-state index is 0.00295. The predicted octanol–water partition coefficient (Wildman–Crippen LogP) is 5.79. The largest absolute Gasteiger partial charge is 0.490 e. The van der Waals surface area contributed by atoms with Gasteiger partial charge in [0.05, 0.1) is 22.9 Å². The molecule has 0 unspecified atom stereocenters. The maximum atomic E-state index is 13.6. The van der Waals surface area contributed by atoms with Crippen molar-refractivity contribution in [2.45, 2.75) is 49.9 Å². The van der Waals surface area contributed by atoms with Crippen LogP contribution < -0.4 is 14.5 Å². The Hall–Kier alpha value is -2.68. The van der Waals surface area contributed by atoms with Crippen LogP contribution in [0.1, 0.15) is 43.2 Å². The summed E-state index contributed by atoms with van der Waals surface area (Å²) in [5, 5.41) is 9.24. The van der Waals surface area contributed by atoms with E-state index in [9.17, 15) is 18.0 Å². The number of nitriles is 1. The summed E-state index contributed by atoms with van der Waals surface area (Å²) >= 11 is 9.15. The van der Waals surface area contributed by atoms with Gasteiger partial charge in [-0.3, -0.25) is 9.69 Å². The Balaban J connectivity index is 1.43. The first kappa shape index (κ1) is 25.0. The van der Waals surface area contributed by atoms with Gasteiger partial charge in [0.15, 0.2) is 5.11 Å². The van der Waals surface area contributed by atoms with Gasteiger partial charge in [0.25, 0.3) is 5.91 Å². The molecule has 2 aromatic carbocycles. The van der Waals surface area contributed by atoms with Gasteiger partial charge in [-0.15, -0.1) is 0 Å². The number of thiocarbonyl (C=S) groups is 1. The second-order valence-corrected chi connectivity index (χ2v) is 10.6. The molecular formula is C25H22BrF3N4O2S. The number of hydrogen-bond donors (Lipinski definition) is 0. The summed E-state index contributed by atoms with van der Waals surface area (Å²) in [7, 11) is 0. The summed E-state index contributed by atoms with van der Waals surface area (Å²) in [6, 6.07) is 12.1. The van der Waals surface area contributed by atoms with Gasteiger partial charge in [-0.1, -0.05) is 0 Å². The molecule has 6 nitrogen and oxygen atoms in total. The number of benzene rings is 2. The zero-order chi connectivity index (χ0) is 25.7. The highest BCUT2D eigenvalue weighted by molar-refractivity contribution is 9.07. The second-order valence-electron chi connectivity index (χ2n) is 9.20. The van der Waals surface area contributed by atoms with E-state index in [1.54, 1.807) is 11.0 Å². The van der Waals surface area contributed by atoms with Crippen molar-refractivity contribution in [2.75, 3.05) is 22.9 Å². The van der Waals surface area contributed by atoms with Gasteiger partial charge in [-0.25, -0.2) is 3.93 Å². The lowest BCUT2D eigenvalue weighted by molar-refractivity contribution is -0.137. The molecule has 1 saturated carbocycles. The van der Waals surface area contributed by atoms with Crippen molar-refractivity contribution in [1.29, 1.82) is 5.26 Å². The fourth-order valence-corrected chi connectivity index (χ4v) is 5.90. The number of ether oxygens (including phenoxy) is 1. The van der Waals surface area contributed by atoms with Crippen molar-refractivity contribution in [3.63, 3.8) is 0 Å². The summed E-state index contributed by atoms with van der Waals surface area (Å²) < 4.78 is 48.9. The fraction of sp³-hybridized carbons (Fsp3) is 0.400. The molecule has 1 spiro atoms. The number of nitrogens with zero attached hydrogens (tertiary/aromatic N) is 4. The van der Waals surface area contributed by atoms with Crippen molar-refractivity contribution in [1.82, 2.24) is 3.93 Å². The van der Waals surface area contributed by atoms with Crippen molar-refractivity contribution < 1.29 is 22.7 Å². The van der Waals surface area contributed by atoms with Gasteiger partial charge >= 0.3 is 6.18 Å². The molecule has 0 bridgehead atoms. The molecule has 5 rings (SSSR count). The van der Waals surface area contributed by atoms with Crippen molar-refractivity contribution >= 4 is 50.8 Å². The van der Waals surface area contributed by atoms with Crippen LogP contribution in [0.3, 0.4) is 0 Å². The van der Waals surface area contributed by atoms with Crippen LogP contribution in [0.2, 0.25) is 0 Å². The molecule has 0 N–H and O–H groups in total. The Morgan fingerprint density at radius 1 is 1.08 bits per heavy atom. The van der Waals surface area contributed by atoms with E-state index in [1.165, 1.54) is 11.0 Å². The van der Waals surface area contributed by atoms with Crippen LogP contribution in [-0.2, 0) is 11.0 Å². The molecule has 3 fully saturated rings. The number of carbonyl (C=O) groups excluding carboxylic acids is 1. The number of alkyl halides is 3. The van der Waals surface area contributed by atoms with E-state index in [2.05, 4.69) is 20.1 Å². The first-order valence-electron chi connectivity index (χ1n) is 11.6. The SMILES string of the molecule is N#Cc1ccc(N2C(=O)C3(CCC3)N(c3ccc(OC4CCN(Br)CC4)cc3)C2=S)cc1C(F)(F)F. The number of rotatable bonds is 4. The van der Waals surface area contributed by atoms with Gasteiger partial charge in [-0.2, -0.15) is 18.4 Å². The summed E-state index contributed by atoms with van der Waals surface area (Å²) in [6.45, 7) is 1.80. The predicted molar refractivity (Wildman–Crippen MR) is 136 cm³/mol. The van der Waals surface area contributed by atoms with E-state index in [1.807, 2.05) is 24.3 Å². The zero-order valence-electron chi connectivity index (χ0n) is 19.1. The molecule has 2 saturated heterocycles. The van der Waals surface area contributed by atoms with E-state index in [-0.39, 0.29) is 22.8 Å². The Kier molecular flexibility index (Phi) is 6.47. The minimum Gasteiger partial charge on any atom is -0.490 e. The van der Waals surface area contributed by atoms with E-state index >= 15 is 0 Å². The minimum atomic E-state index is -4.74. The number of piperidine rings is 1. The number of carbonyl (C=O) groups is 1. The van der Waals surface area contributed by atoms with Gasteiger partial charge < -0.3 is 9.64 Å². The third-order valence-corrected chi connectivity index (χ3v) is 8.14. The lowest BCUT2D eigenvalue weighted by Gasteiger charge is -2.43. The van der Waals surface area contributed by atoms with Crippen LogP contribution in [0.25, 0.3) is 0 Å². The van der Waals surface area contributed by atoms with Crippen LogP contribution >= 0.6 is 28.4 Å². The molecule has 36 heavy (non-hydrogen) atoms. The molecule has 2 heterocycles. The molecule has 11 heteroatoms. The molecular weight excluding hydrogens is 557 g/mol. The molecule has 2 aromatic rings. The van der Waals surface area contributed by atoms with E-state index < -0.39 is 22.8 Å². The Morgan fingerprint density at radius 3 is 2.28 bits per heavy atom. The van der Waals surface area contributed by atoms with E-state index in [0.717, 1.165) is 44.5 Å². The van der Waals surface area contributed by atoms with Crippen LogP contribution in [0.4, 0.5) is 24.5 Å². The maximum absolute atomic E-state index is 13.6. The van der Waals surface area contributed by atoms with E-state index in [4.69, 9.17) is 22.2 Å². The topological polar surface area (TPSA) is 59.8 Å². The highest BCUT2D eigenvalue weighted by Crippen LogP contribution is 2.48. The molecule has 0 aromatic heterocycles. The summed E-state index contributed by atoms with van der Waals surface area (Å²) in [5.74, 6) is 0.364. The first-order chi connectivity index (χ1) is 17.1. The zero-order valence-corrected chi connectivity index (χ0v) is 21.5. The summed E-state index contributed by atoms with van der Waals surface area (Å²) in [5.41, 5.74) is -1.83. The summed E-state index contributed by atoms with van der Waals surface area (Å²) in [6.07, 6.45) is -0.900. The average Bonchev–Trinajstić information content (AvgIpc) is 3.07. The molecule has 0 radical (unpaired) electrons. The lowest BCUT2D eigenvalue weighted by atomic mass is 9.75. The quantitative estimate of drug-likeness (QED) is 0.338. The van der Waals surface area contributed by atoms with Gasteiger partial charge in [0.1, 0.15) is 17.4 Å².